The molecular formula is C26H30ClN3O7. The molecule has 0 unspecified atom stereocenters. The third-order valence-corrected chi connectivity index (χ3v) is 6.29. The summed E-state index contributed by atoms with van der Waals surface area (Å²) < 4.78 is 22.0. The molecule has 0 spiro atoms. The number of carbonyl (C=O) groups excluding carboxylic acids is 3. The average Bonchev–Trinajstić information content (AvgIpc) is 3.37. The molecular weight excluding hydrogens is 502 g/mol. The van der Waals surface area contributed by atoms with Crippen LogP contribution < -0.4 is 34.9 Å². The Balaban J connectivity index is 1.50. The van der Waals surface area contributed by atoms with E-state index in [1.54, 1.807) is 24.3 Å². The maximum atomic E-state index is 13.2. The fourth-order valence-electron chi connectivity index (χ4n) is 4.09. The highest BCUT2D eigenvalue weighted by molar-refractivity contribution is 6.31. The lowest BCUT2D eigenvalue weighted by molar-refractivity contribution is -0.124. The number of methoxy groups -OCH3 is 1. The minimum atomic E-state index is -0.967. The molecule has 3 N–H and O–H groups in total. The summed E-state index contributed by atoms with van der Waals surface area (Å²) in [5.41, 5.74) is 0.950. The van der Waals surface area contributed by atoms with Crippen LogP contribution in [0.2, 0.25) is 5.02 Å². The minimum absolute atomic E-state index is 0.0785. The Bertz CT molecular complexity index is 1160. The van der Waals surface area contributed by atoms with Gasteiger partial charge in [-0.05, 0) is 61.6 Å². The lowest BCUT2D eigenvalue weighted by Crippen LogP contribution is -2.47. The largest absolute Gasteiger partial charge is 0.493 e. The molecule has 2 aromatic carbocycles. The van der Waals surface area contributed by atoms with Crippen molar-refractivity contribution in [3.8, 4) is 23.0 Å². The van der Waals surface area contributed by atoms with Crippen LogP contribution in [0.15, 0.2) is 30.3 Å². The Morgan fingerprint density at radius 3 is 2.81 bits per heavy atom. The van der Waals surface area contributed by atoms with E-state index in [4.69, 9.17) is 30.5 Å². The first-order chi connectivity index (χ1) is 17.9. The Kier molecular flexibility index (Phi) is 8.95. The molecule has 2 aliphatic rings. The summed E-state index contributed by atoms with van der Waals surface area (Å²) >= 11 is 6.14. The van der Waals surface area contributed by atoms with Crippen LogP contribution in [-0.2, 0) is 16.1 Å². The average molecular weight is 532 g/mol. The van der Waals surface area contributed by atoms with Crippen molar-refractivity contribution in [1.29, 1.82) is 0 Å². The van der Waals surface area contributed by atoms with Crippen LogP contribution in [0.25, 0.3) is 0 Å². The van der Waals surface area contributed by atoms with E-state index < -0.39 is 17.9 Å². The van der Waals surface area contributed by atoms with Gasteiger partial charge in [0.25, 0.3) is 5.91 Å². The molecule has 0 fully saturated rings. The van der Waals surface area contributed by atoms with Crippen molar-refractivity contribution in [3.63, 3.8) is 0 Å². The molecule has 37 heavy (non-hydrogen) atoms. The summed E-state index contributed by atoms with van der Waals surface area (Å²) in [6.45, 7) is 1.20. The van der Waals surface area contributed by atoms with Gasteiger partial charge in [0.15, 0.2) is 11.5 Å². The molecule has 0 saturated carbocycles. The highest BCUT2D eigenvalue weighted by Gasteiger charge is 2.25. The zero-order valence-electron chi connectivity index (χ0n) is 20.6. The predicted molar refractivity (Wildman–Crippen MR) is 135 cm³/mol. The summed E-state index contributed by atoms with van der Waals surface area (Å²) in [6, 6.07) is 7.32. The Labute approximate surface area is 219 Å². The van der Waals surface area contributed by atoms with E-state index in [9.17, 15) is 14.4 Å². The maximum absolute atomic E-state index is 13.2. The topological polar surface area (TPSA) is 124 Å². The van der Waals surface area contributed by atoms with Crippen molar-refractivity contribution in [3.05, 3.63) is 46.5 Å². The van der Waals surface area contributed by atoms with Gasteiger partial charge in [-0.1, -0.05) is 11.6 Å². The van der Waals surface area contributed by atoms with Crippen LogP contribution >= 0.6 is 11.6 Å². The normalized spacial score (nSPS) is 18.3. The second kappa shape index (κ2) is 12.5. The van der Waals surface area contributed by atoms with E-state index in [0.29, 0.717) is 41.2 Å². The molecule has 1 atom stereocenters. The van der Waals surface area contributed by atoms with Gasteiger partial charge in [-0.2, -0.15) is 0 Å². The second-order valence-electron chi connectivity index (χ2n) is 8.71. The molecule has 198 valence electrons. The summed E-state index contributed by atoms with van der Waals surface area (Å²) in [5.74, 6) is 0.781. The van der Waals surface area contributed by atoms with Gasteiger partial charge in [0.1, 0.15) is 11.8 Å². The summed E-state index contributed by atoms with van der Waals surface area (Å²) in [4.78, 5) is 38.7. The molecule has 2 aromatic rings. The van der Waals surface area contributed by atoms with Gasteiger partial charge in [0.2, 0.25) is 24.4 Å². The minimum Gasteiger partial charge on any atom is -0.493 e. The van der Waals surface area contributed by atoms with E-state index in [2.05, 4.69) is 16.0 Å². The van der Waals surface area contributed by atoms with Gasteiger partial charge in [-0.15, -0.1) is 0 Å². The molecule has 0 aromatic heterocycles. The maximum Gasteiger partial charge on any atom is 0.255 e. The van der Waals surface area contributed by atoms with Crippen LogP contribution in [-0.4, -0.2) is 50.8 Å². The zero-order chi connectivity index (χ0) is 26.2. The van der Waals surface area contributed by atoms with Crippen molar-refractivity contribution < 1.29 is 33.3 Å². The molecule has 3 amide bonds. The molecule has 4 rings (SSSR count). The number of benzene rings is 2. The van der Waals surface area contributed by atoms with E-state index >= 15 is 0 Å². The highest BCUT2D eigenvalue weighted by Crippen LogP contribution is 2.41. The molecule has 0 radical (unpaired) electrons. The lowest BCUT2D eigenvalue weighted by Gasteiger charge is -2.20. The molecule has 0 bridgehead atoms. The lowest BCUT2D eigenvalue weighted by atomic mass is 10.1. The fraction of sp³-hybridized carbons (Fsp3) is 0.423. The van der Waals surface area contributed by atoms with Crippen LogP contribution in [0.3, 0.4) is 0 Å². The number of hydrogen-bond acceptors (Lipinski definition) is 7. The van der Waals surface area contributed by atoms with E-state index in [1.807, 2.05) is 0 Å². The number of amides is 3. The van der Waals surface area contributed by atoms with Gasteiger partial charge in [-0.25, -0.2) is 0 Å². The van der Waals surface area contributed by atoms with Gasteiger partial charge in [-0.3, -0.25) is 14.4 Å². The van der Waals surface area contributed by atoms with Crippen molar-refractivity contribution in [2.75, 3.05) is 27.1 Å². The number of nitrogens with one attached hydrogen (secondary N) is 3. The molecule has 11 heteroatoms. The molecule has 0 saturated heterocycles. The molecule has 2 heterocycles. The Hall–Kier alpha value is -3.66. The number of rotatable bonds is 4. The van der Waals surface area contributed by atoms with Gasteiger partial charge >= 0.3 is 0 Å². The summed E-state index contributed by atoms with van der Waals surface area (Å²) in [5, 5.41) is 8.81. The highest BCUT2D eigenvalue weighted by atomic mass is 35.5. The molecule has 10 nitrogen and oxygen atoms in total. The second-order valence-corrected chi connectivity index (χ2v) is 9.15. The number of carbonyl (C=O) groups is 3. The first kappa shape index (κ1) is 26.4. The third-order valence-electron chi connectivity index (χ3n) is 6.05. The quantitative estimate of drug-likeness (QED) is 0.554. The smallest absolute Gasteiger partial charge is 0.255 e. The van der Waals surface area contributed by atoms with Crippen LogP contribution in [0.1, 0.15) is 48.0 Å². The van der Waals surface area contributed by atoms with Crippen molar-refractivity contribution in [2.45, 2.75) is 44.7 Å². The van der Waals surface area contributed by atoms with Gasteiger partial charge in [0, 0.05) is 24.5 Å². The van der Waals surface area contributed by atoms with Gasteiger partial charge < -0.3 is 34.9 Å². The van der Waals surface area contributed by atoms with Crippen LogP contribution in [0.5, 0.6) is 23.0 Å². The summed E-state index contributed by atoms with van der Waals surface area (Å²) in [6.07, 6.45) is 2.64. The number of ether oxygens (including phenoxy) is 4. The Morgan fingerprint density at radius 2 is 1.97 bits per heavy atom. The van der Waals surface area contributed by atoms with Crippen molar-refractivity contribution in [2.24, 2.45) is 0 Å². The number of hydrogen-bond donors (Lipinski definition) is 3. The van der Waals surface area contributed by atoms with Crippen LogP contribution in [0.4, 0.5) is 0 Å². The predicted octanol–water partition coefficient (Wildman–Crippen LogP) is 2.95. The van der Waals surface area contributed by atoms with Crippen LogP contribution in [0, 0.1) is 0 Å². The molecule has 2 aliphatic heterocycles. The number of halogens is 1. The number of fused-ring (bicyclic) bond motifs is 2. The third kappa shape index (κ3) is 6.97. The zero-order valence-corrected chi connectivity index (χ0v) is 21.3. The van der Waals surface area contributed by atoms with E-state index in [1.165, 1.54) is 13.2 Å². The molecule has 0 aliphatic carbocycles. The van der Waals surface area contributed by atoms with Crippen molar-refractivity contribution >= 4 is 29.3 Å². The summed E-state index contributed by atoms with van der Waals surface area (Å²) in [7, 11) is 1.52. The van der Waals surface area contributed by atoms with Crippen molar-refractivity contribution in [1.82, 2.24) is 16.0 Å². The van der Waals surface area contributed by atoms with E-state index in [-0.39, 0.29) is 37.6 Å². The van der Waals surface area contributed by atoms with E-state index in [0.717, 1.165) is 24.8 Å². The SMILES string of the molecule is COc1cc(CNC(=O)[C@@H]2CCC(=O)NCCCCCOc3ccc(Cl)cc3C(=O)N2)cc2c1OCO2. The first-order valence-corrected chi connectivity index (χ1v) is 12.6. The first-order valence-electron chi connectivity index (χ1n) is 12.2. The fourth-order valence-corrected chi connectivity index (χ4v) is 4.26. The van der Waals surface area contributed by atoms with Gasteiger partial charge in [0.05, 0.1) is 19.3 Å². The standard InChI is InChI=1S/C26H30ClN3O7/c1-34-21-11-16(12-22-24(21)37-15-36-22)14-29-26(33)19-6-8-23(31)28-9-3-2-4-10-35-20-7-5-17(27)13-18(20)25(32)30-19/h5,7,11-13,19H,2-4,6,8-10,14-15H2,1H3,(H,28,31)(H,29,33)(H,30,32)/t19-/m0/s1. The monoisotopic (exact) mass is 531 g/mol. The Morgan fingerprint density at radius 1 is 1.11 bits per heavy atom.